The number of rotatable bonds is 11. The molecule has 0 N–H and O–H groups in total. The van der Waals surface area contributed by atoms with Gasteiger partial charge in [-0.25, -0.2) is 4.39 Å². The van der Waals surface area contributed by atoms with Crippen LogP contribution < -0.4 is 0 Å². The molecule has 0 spiro atoms. The molecule has 0 aliphatic heterocycles. The van der Waals surface area contributed by atoms with E-state index in [2.05, 4.69) is 0 Å². The molecule has 2 aromatic rings. The van der Waals surface area contributed by atoms with E-state index in [0.29, 0.717) is 32.7 Å². The molecule has 1 heterocycles. The van der Waals surface area contributed by atoms with Gasteiger partial charge in [-0.2, -0.15) is 0 Å². The minimum absolute atomic E-state index is 0.0537. The fourth-order valence-electron chi connectivity index (χ4n) is 2.67. The highest BCUT2D eigenvalue weighted by Crippen LogP contribution is 2.16. The number of halogens is 2. The minimum atomic E-state index is -0.322. The Bertz CT molecular complexity index is 740. The molecular formula is C20H24ClFN2O3S. The van der Waals surface area contributed by atoms with E-state index < -0.39 is 0 Å². The topological polar surface area (TPSA) is 49.9 Å². The Hall–Kier alpha value is -1.96. The minimum Gasteiger partial charge on any atom is -0.385 e. The number of benzene rings is 1. The number of amides is 2. The van der Waals surface area contributed by atoms with Crippen LogP contribution in [0.3, 0.4) is 0 Å². The van der Waals surface area contributed by atoms with Crippen LogP contribution >= 0.6 is 22.9 Å². The van der Waals surface area contributed by atoms with Gasteiger partial charge in [-0.15, -0.1) is 22.9 Å². The standard InChI is InChI=1S/C20H24ClFN2O3S/c1-27-10-3-9-23(19(25)12-21)15-20(26)24(14-18-4-2-11-28-18)13-16-5-7-17(22)8-6-16/h2,4-8,11H,3,9-10,12-15H2,1H3. The Labute approximate surface area is 173 Å². The zero-order chi connectivity index (χ0) is 20.4. The highest BCUT2D eigenvalue weighted by molar-refractivity contribution is 7.09. The van der Waals surface area contributed by atoms with Crippen molar-refractivity contribution in [3.8, 4) is 0 Å². The number of alkyl halides is 1. The summed E-state index contributed by atoms with van der Waals surface area (Å²) < 4.78 is 18.2. The third-order valence-corrected chi connectivity index (χ3v) is 5.23. The van der Waals surface area contributed by atoms with E-state index in [1.54, 1.807) is 35.5 Å². The van der Waals surface area contributed by atoms with Crippen molar-refractivity contribution in [2.45, 2.75) is 19.5 Å². The summed E-state index contributed by atoms with van der Waals surface area (Å²) in [6.45, 7) is 1.60. The largest absolute Gasteiger partial charge is 0.385 e. The molecular weight excluding hydrogens is 403 g/mol. The molecule has 0 fully saturated rings. The average Bonchev–Trinajstić information content (AvgIpc) is 3.21. The number of thiophene rings is 1. The fourth-order valence-corrected chi connectivity index (χ4v) is 3.56. The first-order valence-corrected chi connectivity index (χ1v) is 10.3. The lowest BCUT2D eigenvalue weighted by molar-refractivity contribution is -0.140. The normalized spacial score (nSPS) is 10.7. The van der Waals surface area contributed by atoms with Gasteiger partial charge in [0, 0.05) is 31.7 Å². The van der Waals surface area contributed by atoms with Crippen LogP contribution in [0.4, 0.5) is 4.39 Å². The summed E-state index contributed by atoms with van der Waals surface area (Å²) in [6.07, 6.45) is 0.620. The lowest BCUT2D eigenvalue weighted by Crippen LogP contribution is -2.43. The Morgan fingerprint density at radius 2 is 1.86 bits per heavy atom. The average molecular weight is 427 g/mol. The second-order valence-electron chi connectivity index (χ2n) is 6.25. The molecule has 0 unspecified atom stereocenters. The van der Waals surface area contributed by atoms with Crippen LogP contribution in [0.15, 0.2) is 41.8 Å². The summed E-state index contributed by atoms with van der Waals surface area (Å²) in [5, 5.41) is 1.95. The van der Waals surface area contributed by atoms with Crippen LogP contribution in [0.1, 0.15) is 16.9 Å². The van der Waals surface area contributed by atoms with Crippen molar-refractivity contribution < 1.29 is 18.7 Å². The van der Waals surface area contributed by atoms with Crippen LogP contribution in [0.5, 0.6) is 0 Å². The maximum Gasteiger partial charge on any atom is 0.242 e. The van der Waals surface area contributed by atoms with E-state index in [1.807, 2.05) is 17.5 Å². The van der Waals surface area contributed by atoms with Crippen LogP contribution in [-0.4, -0.2) is 54.3 Å². The van der Waals surface area contributed by atoms with Gasteiger partial charge in [0.05, 0.1) is 13.1 Å². The summed E-state index contributed by atoms with van der Waals surface area (Å²) in [4.78, 5) is 29.3. The van der Waals surface area contributed by atoms with Crippen molar-refractivity contribution in [2.75, 3.05) is 32.7 Å². The van der Waals surface area contributed by atoms with E-state index >= 15 is 0 Å². The van der Waals surface area contributed by atoms with Crippen molar-refractivity contribution in [1.29, 1.82) is 0 Å². The first-order valence-electron chi connectivity index (χ1n) is 8.90. The van der Waals surface area contributed by atoms with Gasteiger partial charge in [-0.05, 0) is 35.6 Å². The molecule has 0 radical (unpaired) electrons. The molecule has 0 saturated carbocycles. The van der Waals surface area contributed by atoms with Crippen LogP contribution in [0, 0.1) is 5.82 Å². The number of ether oxygens (including phenoxy) is 1. The predicted octanol–water partition coefficient (Wildman–Crippen LogP) is 3.52. The molecule has 0 aliphatic carbocycles. The molecule has 8 heteroatoms. The summed E-state index contributed by atoms with van der Waals surface area (Å²) in [6, 6.07) is 9.94. The van der Waals surface area contributed by atoms with Gasteiger partial charge >= 0.3 is 0 Å². The van der Waals surface area contributed by atoms with E-state index in [9.17, 15) is 14.0 Å². The van der Waals surface area contributed by atoms with Crippen LogP contribution in [0.2, 0.25) is 0 Å². The molecule has 2 rings (SSSR count). The van der Waals surface area contributed by atoms with Gasteiger partial charge < -0.3 is 14.5 Å². The molecule has 0 atom stereocenters. The van der Waals surface area contributed by atoms with E-state index in [1.165, 1.54) is 17.0 Å². The molecule has 0 aliphatic rings. The summed E-state index contributed by atoms with van der Waals surface area (Å²) >= 11 is 7.26. The number of nitrogens with zero attached hydrogens (tertiary/aromatic N) is 2. The lowest BCUT2D eigenvalue weighted by Gasteiger charge is -2.27. The number of carbonyl (C=O) groups excluding carboxylic acids is 2. The Morgan fingerprint density at radius 1 is 1.11 bits per heavy atom. The van der Waals surface area contributed by atoms with Crippen molar-refractivity contribution in [2.24, 2.45) is 0 Å². The molecule has 0 bridgehead atoms. The number of methoxy groups -OCH3 is 1. The number of hydrogen-bond donors (Lipinski definition) is 0. The molecule has 1 aromatic heterocycles. The number of hydrogen-bond acceptors (Lipinski definition) is 4. The molecule has 152 valence electrons. The summed E-state index contributed by atoms with van der Waals surface area (Å²) in [5.41, 5.74) is 0.820. The van der Waals surface area contributed by atoms with Crippen molar-refractivity contribution in [3.63, 3.8) is 0 Å². The smallest absolute Gasteiger partial charge is 0.242 e. The van der Waals surface area contributed by atoms with Gasteiger partial charge in [-0.3, -0.25) is 9.59 Å². The Morgan fingerprint density at radius 3 is 2.46 bits per heavy atom. The molecule has 28 heavy (non-hydrogen) atoms. The van der Waals surface area contributed by atoms with E-state index in [-0.39, 0.29) is 30.1 Å². The molecule has 0 saturated heterocycles. The van der Waals surface area contributed by atoms with Crippen LogP contribution in [-0.2, 0) is 27.4 Å². The third kappa shape index (κ3) is 7.22. The van der Waals surface area contributed by atoms with Gasteiger partial charge in [0.1, 0.15) is 11.7 Å². The molecule has 5 nitrogen and oxygen atoms in total. The van der Waals surface area contributed by atoms with Gasteiger partial charge in [0.25, 0.3) is 0 Å². The zero-order valence-electron chi connectivity index (χ0n) is 15.8. The second kappa shape index (κ2) is 11.8. The van der Waals surface area contributed by atoms with Crippen molar-refractivity contribution in [1.82, 2.24) is 9.80 Å². The highest BCUT2D eigenvalue weighted by atomic mass is 35.5. The monoisotopic (exact) mass is 426 g/mol. The first-order chi connectivity index (χ1) is 13.5. The first kappa shape index (κ1) is 22.3. The van der Waals surface area contributed by atoms with Crippen molar-refractivity contribution in [3.05, 3.63) is 58.0 Å². The van der Waals surface area contributed by atoms with E-state index in [4.69, 9.17) is 16.3 Å². The highest BCUT2D eigenvalue weighted by Gasteiger charge is 2.21. The maximum absolute atomic E-state index is 13.2. The zero-order valence-corrected chi connectivity index (χ0v) is 17.3. The van der Waals surface area contributed by atoms with Gasteiger partial charge in [0.15, 0.2) is 0 Å². The predicted molar refractivity (Wildman–Crippen MR) is 109 cm³/mol. The summed E-state index contributed by atoms with van der Waals surface area (Å²) in [7, 11) is 1.59. The van der Waals surface area contributed by atoms with E-state index in [0.717, 1.165) is 10.4 Å². The van der Waals surface area contributed by atoms with Gasteiger partial charge in [0.2, 0.25) is 11.8 Å². The van der Waals surface area contributed by atoms with Crippen molar-refractivity contribution >= 4 is 34.8 Å². The van der Waals surface area contributed by atoms with Crippen LogP contribution in [0.25, 0.3) is 0 Å². The third-order valence-electron chi connectivity index (χ3n) is 4.14. The maximum atomic E-state index is 13.2. The Kier molecular flexibility index (Phi) is 9.40. The van der Waals surface area contributed by atoms with Gasteiger partial charge in [-0.1, -0.05) is 18.2 Å². The molecule has 2 amide bonds. The second-order valence-corrected chi connectivity index (χ2v) is 7.55. The summed E-state index contributed by atoms with van der Waals surface area (Å²) in [5.74, 6) is -0.974. The Balaban J connectivity index is 2.11. The SMILES string of the molecule is COCCCN(CC(=O)N(Cc1ccc(F)cc1)Cc1cccs1)C(=O)CCl. The molecule has 1 aromatic carbocycles. The number of carbonyl (C=O) groups is 2. The lowest BCUT2D eigenvalue weighted by atomic mass is 10.2. The fraction of sp³-hybridized carbons (Fsp3) is 0.400. The quantitative estimate of drug-likeness (QED) is 0.408.